The van der Waals surface area contributed by atoms with Gasteiger partial charge >= 0.3 is 0 Å². The molecule has 5 heteroatoms. The van der Waals surface area contributed by atoms with E-state index in [2.05, 4.69) is 10.6 Å². The summed E-state index contributed by atoms with van der Waals surface area (Å²) in [5.41, 5.74) is 0. The van der Waals surface area contributed by atoms with Crippen molar-refractivity contribution in [3.8, 4) is 0 Å². The van der Waals surface area contributed by atoms with Crippen molar-refractivity contribution >= 4 is 5.91 Å². The fraction of sp³-hybridized carbons (Fsp3) is 0.923. The second-order valence-electron chi connectivity index (χ2n) is 5.23. The normalized spacial score (nSPS) is 35.2. The minimum Gasteiger partial charge on any atom is -0.378 e. The Labute approximate surface area is 109 Å². The minimum atomic E-state index is 0.103. The summed E-state index contributed by atoms with van der Waals surface area (Å²) in [4.78, 5) is 11.9. The molecule has 1 saturated heterocycles. The van der Waals surface area contributed by atoms with Crippen LogP contribution in [-0.4, -0.2) is 51.0 Å². The smallest absolute Gasteiger partial charge is 0.220 e. The Bertz CT molecular complexity index is 279. The molecule has 0 aromatic heterocycles. The predicted molar refractivity (Wildman–Crippen MR) is 68.4 cm³/mol. The first-order chi connectivity index (χ1) is 8.72. The highest BCUT2D eigenvalue weighted by molar-refractivity contribution is 5.76. The van der Waals surface area contributed by atoms with Crippen molar-refractivity contribution < 1.29 is 14.3 Å². The van der Waals surface area contributed by atoms with E-state index in [1.165, 1.54) is 0 Å². The van der Waals surface area contributed by atoms with E-state index < -0.39 is 0 Å². The van der Waals surface area contributed by atoms with Gasteiger partial charge in [-0.1, -0.05) is 0 Å². The molecule has 0 bridgehead atoms. The molecule has 2 rings (SSSR count). The van der Waals surface area contributed by atoms with E-state index >= 15 is 0 Å². The second-order valence-corrected chi connectivity index (χ2v) is 5.23. The van der Waals surface area contributed by atoms with Crippen LogP contribution in [0.2, 0.25) is 0 Å². The molecule has 2 atom stereocenters. The largest absolute Gasteiger partial charge is 0.378 e. The molecule has 0 radical (unpaired) electrons. The zero-order chi connectivity index (χ0) is 13.0. The lowest BCUT2D eigenvalue weighted by Gasteiger charge is -2.34. The van der Waals surface area contributed by atoms with Crippen molar-refractivity contribution in [3.63, 3.8) is 0 Å². The summed E-state index contributed by atoms with van der Waals surface area (Å²) in [6, 6.07) is 0.116. The van der Waals surface area contributed by atoms with Gasteiger partial charge in [0.1, 0.15) is 0 Å². The molecule has 2 fully saturated rings. The molecule has 1 aliphatic carbocycles. The molecule has 2 N–H and O–H groups in total. The first-order valence-electron chi connectivity index (χ1n) is 6.87. The molecule has 0 aromatic rings. The third-order valence-corrected chi connectivity index (χ3v) is 3.88. The van der Waals surface area contributed by atoms with Crippen LogP contribution in [-0.2, 0) is 14.3 Å². The summed E-state index contributed by atoms with van der Waals surface area (Å²) in [5.74, 6) is 0.641. The molecule has 2 aliphatic rings. The van der Waals surface area contributed by atoms with Crippen molar-refractivity contribution in [1.82, 2.24) is 10.6 Å². The lowest BCUT2D eigenvalue weighted by molar-refractivity contribution is -0.125. The number of methoxy groups -OCH3 is 1. The SMILES string of the molecule is CCOC1CC(CC(=O)NC2CNC[C@@H]2OC)C1. The number of amides is 1. The van der Waals surface area contributed by atoms with E-state index in [9.17, 15) is 4.79 Å². The highest BCUT2D eigenvalue weighted by atomic mass is 16.5. The first-order valence-corrected chi connectivity index (χ1v) is 6.87. The van der Waals surface area contributed by atoms with Gasteiger partial charge in [0.15, 0.2) is 0 Å². The van der Waals surface area contributed by atoms with Crippen LogP contribution < -0.4 is 10.6 Å². The molecule has 1 heterocycles. The average molecular weight is 256 g/mol. The highest BCUT2D eigenvalue weighted by Crippen LogP contribution is 2.32. The van der Waals surface area contributed by atoms with Crippen molar-refractivity contribution in [2.75, 3.05) is 26.8 Å². The number of rotatable bonds is 6. The number of carbonyl (C=O) groups is 1. The van der Waals surface area contributed by atoms with Gasteiger partial charge in [0.25, 0.3) is 0 Å². The molecule has 1 unspecified atom stereocenters. The monoisotopic (exact) mass is 256 g/mol. The van der Waals surface area contributed by atoms with Crippen molar-refractivity contribution in [2.24, 2.45) is 5.92 Å². The third-order valence-electron chi connectivity index (χ3n) is 3.88. The maximum Gasteiger partial charge on any atom is 0.220 e. The molecule has 18 heavy (non-hydrogen) atoms. The van der Waals surface area contributed by atoms with Crippen LogP contribution in [0.15, 0.2) is 0 Å². The Morgan fingerprint density at radius 1 is 1.39 bits per heavy atom. The van der Waals surface area contributed by atoms with Crippen LogP contribution in [0.25, 0.3) is 0 Å². The molecule has 5 nitrogen and oxygen atoms in total. The van der Waals surface area contributed by atoms with Gasteiger partial charge in [0.05, 0.1) is 18.2 Å². The van der Waals surface area contributed by atoms with E-state index in [4.69, 9.17) is 9.47 Å². The summed E-state index contributed by atoms with van der Waals surface area (Å²) >= 11 is 0. The Morgan fingerprint density at radius 3 is 2.83 bits per heavy atom. The topological polar surface area (TPSA) is 59.6 Å². The van der Waals surface area contributed by atoms with Crippen molar-refractivity contribution in [1.29, 1.82) is 0 Å². The van der Waals surface area contributed by atoms with Crippen LogP contribution in [0.5, 0.6) is 0 Å². The Kier molecular flexibility index (Phi) is 4.97. The fourth-order valence-corrected chi connectivity index (χ4v) is 2.79. The predicted octanol–water partition coefficient (Wildman–Crippen LogP) is 0.295. The van der Waals surface area contributed by atoms with Crippen molar-refractivity contribution in [2.45, 2.75) is 44.4 Å². The average Bonchev–Trinajstić information content (AvgIpc) is 2.73. The molecule has 0 aromatic carbocycles. The first kappa shape index (κ1) is 13.8. The van der Waals surface area contributed by atoms with E-state index in [0.717, 1.165) is 32.5 Å². The van der Waals surface area contributed by atoms with E-state index in [1.807, 2.05) is 6.92 Å². The standard InChI is InChI=1S/C13H24N2O3/c1-3-18-10-4-9(5-10)6-13(16)15-11-7-14-8-12(11)17-2/h9-12,14H,3-8H2,1-2H3,(H,15,16)/t9?,10?,11?,12-/m0/s1. The van der Waals surface area contributed by atoms with Gasteiger partial charge in [-0.15, -0.1) is 0 Å². The molecule has 1 aliphatic heterocycles. The highest BCUT2D eigenvalue weighted by Gasteiger charge is 2.33. The van der Waals surface area contributed by atoms with Gasteiger partial charge in [0.2, 0.25) is 5.91 Å². The lowest BCUT2D eigenvalue weighted by Crippen LogP contribution is -2.45. The van der Waals surface area contributed by atoms with Crippen LogP contribution in [0, 0.1) is 5.92 Å². The second kappa shape index (κ2) is 6.50. The van der Waals surface area contributed by atoms with E-state index in [-0.39, 0.29) is 18.1 Å². The number of carbonyl (C=O) groups excluding carboxylic acids is 1. The molecule has 1 amide bonds. The molecule has 104 valence electrons. The maximum atomic E-state index is 11.9. The number of hydrogen-bond donors (Lipinski definition) is 2. The minimum absolute atomic E-state index is 0.103. The molecular weight excluding hydrogens is 232 g/mol. The molecule has 0 spiro atoms. The number of hydrogen-bond acceptors (Lipinski definition) is 4. The molecule has 1 saturated carbocycles. The summed E-state index contributed by atoms with van der Waals surface area (Å²) in [5, 5.41) is 6.28. The van der Waals surface area contributed by atoms with Gasteiger partial charge < -0.3 is 20.1 Å². The van der Waals surface area contributed by atoms with Gasteiger partial charge in [-0.2, -0.15) is 0 Å². The Morgan fingerprint density at radius 2 is 2.17 bits per heavy atom. The summed E-state index contributed by atoms with van der Waals surface area (Å²) < 4.78 is 10.8. The Balaban J connectivity index is 1.64. The van der Waals surface area contributed by atoms with Gasteiger partial charge in [-0.25, -0.2) is 0 Å². The van der Waals surface area contributed by atoms with Gasteiger partial charge in [0, 0.05) is 33.2 Å². The van der Waals surface area contributed by atoms with Crippen LogP contribution in [0.3, 0.4) is 0 Å². The third kappa shape index (κ3) is 3.43. The number of ether oxygens (including phenoxy) is 2. The van der Waals surface area contributed by atoms with Crippen LogP contribution in [0.4, 0.5) is 0 Å². The van der Waals surface area contributed by atoms with Gasteiger partial charge in [-0.3, -0.25) is 4.79 Å². The zero-order valence-corrected chi connectivity index (χ0v) is 11.3. The maximum absolute atomic E-state index is 11.9. The quantitative estimate of drug-likeness (QED) is 0.717. The van der Waals surface area contributed by atoms with Crippen LogP contribution in [0.1, 0.15) is 26.2 Å². The summed E-state index contributed by atoms with van der Waals surface area (Å²) in [6.45, 7) is 4.40. The van der Waals surface area contributed by atoms with Crippen molar-refractivity contribution in [3.05, 3.63) is 0 Å². The summed E-state index contributed by atoms with van der Waals surface area (Å²) in [6.07, 6.45) is 3.16. The van der Waals surface area contributed by atoms with Crippen LogP contribution >= 0.6 is 0 Å². The zero-order valence-electron chi connectivity index (χ0n) is 11.3. The number of nitrogens with one attached hydrogen (secondary N) is 2. The van der Waals surface area contributed by atoms with Gasteiger partial charge in [-0.05, 0) is 25.7 Å². The fourth-order valence-electron chi connectivity index (χ4n) is 2.79. The summed E-state index contributed by atoms with van der Waals surface area (Å²) in [7, 11) is 1.69. The lowest BCUT2D eigenvalue weighted by atomic mass is 9.80. The van der Waals surface area contributed by atoms with E-state index in [0.29, 0.717) is 18.4 Å². The Hall–Kier alpha value is -0.650. The molecular formula is C13H24N2O3. The van der Waals surface area contributed by atoms with E-state index in [1.54, 1.807) is 7.11 Å².